The van der Waals surface area contributed by atoms with E-state index in [1.54, 1.807) is 0 Å². The molecule has 10 heteroatoms. The maximum atomic E-state index is 7.51. The van der Waals surface area contributed by atoms with Crippen LogP contribution in [0.25, 0.3) is 0 Å². The fourth-order valence-corrected chi connectivity index (χ4v) is 8.84. The van der Waals surface area contributed by atoms with Crippen LogP contribution in [0.1, 0.15) is 96.9 Å². The van der Waals surface area contributed by atoms with Crippen LogP contribution in [0.4, 0.5) is 0 Å². The van der Waals surface area contributed by atoms with Crippen LogP contribution in [0, 0.1) is 0 Å². The molecule has 0 spiro atoms. The van der Waals surface area contributed by atoms with Crippen LogP contribution >= 0.6 is 0 Å². The number of ether oxygens (including phenoxy) is 2. The summed E-state index contributed by atoms with van der Waals surface area (Å²) in [5.74, 6) is -0.686. The molecule has 0 saturated carbocycles. The van der Waals surface area contributed by atoms with E-state index in [2.05, 4.69) is 135 Å². The highest BCUT2D eigenvalue weighted by molar-refractivity contribution is 6.75. The van der Waals surface area contributed by atoms with E-state index in [1.807, 2.05) is 13.8 Å². The second-order valence-electron chi connectivity index (χ2n) is 19.5. The quantitative estimate of drug-likeness (QED) is 0.192. The van der Waals surface area contributed by atoms with Crippen molar-refractivity contribution in [2.75, 3.05) is 13.2 Å². The minimum absolute atomic E-state index is 0.000882. The van der Waals surface area contributed by atoms with Crippen LogP contribution in [0.5, 0.6) is 0 Å². The van der Waals surface area contributed by atoms with Crippen LogP contribution in [-0.4, -0.2) is 76.7 Å². The Labute approximate surface area is 272 Å². The van der Waals surface area contributed by atoms with E-state index in [0.717, 1.165) is 0 Å². The molecular formula is C33H74O6Si4. The molecule has 1 aliphatic heterocycles. The maximum absolute atomic E-state index is 7.51. The van der Waals surface area contributed by atoms with Crippen LogP contribution in [0.3, 0.4) is 0 Å². The highest BCUT2D eigenvalue weighted by Crippen LogP contribution is 2.45. The second-order valence-corrected chi connectivity index (χ2v) is 38.6. The van der Waals surface area contributed by atoms with Crippen LogP contribution in [-0.2, 0) is 27.2 Å². The molecular weight excluding hydrogens is 605 g/mol. The van der Waals surface area contributed by atoms with E-state index in [-0.39, 0.29) is 44.6 Å². The van der Waals surface area contributed by atoms with Gasteiger partial charge in [-0.15, -0.1) is 0 Å². The lowest BCUT2D eigenvalue weighted by Crippen LogP contribution is -2.62. The van der Waals surface area contributed by atoms with Crippen molar-refractivity contribution in [2.45, 2.75) is 200 Å². The van der Waals surface area contributed by atoms with Gasteiger partial charge in [-0.3, -0.25) is 0 Å². The van der Waals surface area contributed by atoms with Gasteiger partial charge in [0.05, 0.1) is 25.4 Å². The Kier molecular flexibility index (Phi) is 12.8. The Hall–Kier alpha value is 0.628. The van der Waals surface area contributed by atoms with Gasteiger partial charge in [0.2, 0.25) is 0 Å². The van der Waals surface area contributed by atoms with Crippen molar-refractivity contribution in [3.05, 3.63) is 0 Å². The lowest BCUT2D eigenvalue weighted by atomic mass is 10.0. The SMILES string of the molecule is CC1(C)OC[C@H]([C@@H](O[Si](C)(C)C(C)(C)C)[C@H](O[Si](C)(C)C(C)(C)C)[C@H](CO[Si](C)(C)C(C)(C)C)O[Si](C)(C)C(C)(C)C)O1. The molecule has 1 fully saturated rings. The van der Waals surface area contributed by atoms with Gasteiger partial charge in [-0.1, -0.05) is 83.1 Å². The van der Waals surface area contributed by atoms with Gasteiger partial charge in [-0.2, -0.15) is 0 Å². The normalized spacial score (nSPS) is 22.0. The molecule has 6 nitrogen and oxygen atoms in total. The summed E-state index contributed by atoms with van der Waals surface area (Å²) in [5.41, 5.74) is 0. The van der Waals surface area contributed by atoms with Gasteiger partial charge in [0.1, 0.15) is 12.2 Å². The lowest BCUT2D eigenvalue weighted by molar-refractivity contribution is -0.164. The molecule has 43 heavy (non-hydrogen) atoms. The molecule has 0 aromatic rings. The minimum Gasteiger partial charge on any atom is -0.414 e. The van der Waals surface area contributed by atoms with Gasteiger partial charge < -0.3 is 27.2 Å². The molecule has 0 amide bonds. The third-order valence-electron chi connectivity index (χ3n) is 11.2. The molecule has 0 unspecified atom stereocenters. The van der Waals surface area contributed by atoms with Gasteiger partial charge in [0, 0.05) is 0 Å². The highest BCUT2D eigenvalue weighted by Gasteiger charge is 2.54. The van der Waals surface area contributed by atoms with E-state index in [9.17, 15) is 0 Å². The Morgan fingerprint density at radius 1 is 0.605 bits per heavy atom. The lowest BCUT2D eigenvalue weighted by Gasteiger charge is -2.50. The first-order valence-corrected chi connectivity index (χ1v) is 28.2. The van der Waals surface area contributed by atoms with E-state index in [4.69, 9.17) is 27.2 Å². The fourth-order valence-electron chi connectivity index (χ4n) is 3.88. The van der Waals surface area contributed by atoms with Crippen molar-refractivity contribution in [1.29, 1.82) is 0 Å². The molecule has 1 saturated heterocycles. The molecule has 258 valence electrons. The third-order valence-corrected chi connectivity index (χ3v) is 29.2. The number of hydrogen-bond acceptors (Lipinski definition) is 6. The van der Waals surface area contributed by atoms with Gasteiger partial charge >= 0.3 is 0 Å². The Morgan fingerprint density at radius 2 is 0.977 bits per heavy atom. The molecule has 1 rings (SSSR count). The predicted molar refractivity (Wildman–Crippen MR) is 194 cm³/mol. The molecule has 4 atom stereocenters. The van der Waals surface area contributed by atoms with E-state index in [1.165, 1.54) is 0 Å². The summed E-state index contributed by atoms with van der Waals surface area (Å²) < 4.78 is 42.1. The maximum Gasteiger partial charge on any atom is 0.192 e. The standard InChI is InChI=1S/C33H74O6Si4/c1-29(2,3)40(15,16)35-24-26(37-41(17,18)30(4,5)6)28(39-43(21,22)32(10,11)12)27(25-23-34-33(13,14)36-25)38-42(19,20)31(7,8)9/h25-28H,23-24H2,1-22H3/t25-,26+,27-,28-/m1/s1. The van der Waals surface area contributed by atoms with Gasteiger partial charge in [-0.05, 0) is 86.4 Å². The van der Waals surface area contributed by atoms with Crippen molar-refractivity contribution >= 4 is 33.3 Å². The van der Waals surface area contributed by atoms with Crippen LogP contribution in [0.15, 0.2) is 0 Å². The minimum atomic E-state index is -2.30. The van der Waals surface area contributed by atoms with Crippen LogP contribution < -0.4 is 0 Å². The third kappa shape index (κ3) is 10.8. The van der Waals surface area contributed by atoms with Crippen molar-refractivity contribution in [3.63, 3.8) is 0 Å². The van der Waals surface area contributed by atoms with Crippen molar-refractivity contribution in [1.82, 2.24) is 0 Å². The first kappa shape index (κ1) is 41.7. The summed E-state index contributed by atoms with van der Waals surface area (Å²) in [4.78, 5) is 0. The fraction of sp³-hybridized carbons (Fsp3) is 1.00. The summed E-state index contributed by atoms with van der Waals surface area (Å²) >= 11 is 0. The Morgan fingerprint density at radius 3 is 1.33 bits per heavy atom. The largest absolute Gasteiger partial charge is 0.414 e. The average molecular weight is 679 g/mol. The molecule has 0 radical (unpaired) electrons. The van der Waals surface area contributed by atoms with E-state index < -0.39 is 39.1 Å². The number of hydrogen-bond donors (Lipinski definition) is 0. The smallest absolute Gasteiger partial charge is 0.192 e. The first-order chi connectivity index (χ1) is 18.6. The topological polar surface area (TPSA) is 55.4 Å². The van der Waals surface area contributed by atoms with E-state index in [0.29, 0.717) is 13.2 Å². The van der Waals surface area contributed by atoms with Gasteiger partial charge in [0.15, 0.2) is 39.1 Å². The summed E-state index contributed by atoms with van der Waals surface area (Å²) in [6.45, 7) is 51.1. The zero-order valence-corrected chi connectivity index (χ0v) is 36.7. The van der Waals surface area contributed by atoms with Gasteiger partial charge in [0.25, 0.3) is 0 Å². The molecule has 0 aromatic carbocycles. The molecule has 0 bridgehead atoms. The molecule has 0 aromatic heterocycles. The average Bonchev–Trinajstić information content (AvgIpc) is 3.09. The van der Waals surface area contributed by atoms with E-state index >= 15 is 0 Å². The Bertz CT molecular complexity index is 904. The van der Waals surface area contributed by atoms with Gasteiger partial charge in [-0.25, -0.2) is 0 Å². The number of rotatable bonds is 12. The zero-order chi connectivity index (χ0) is 34.5. The summed E-state index contributed by atoms with van der Waals surface area (Å²) in [6, 6.07) is 0. The molecule has 0 aliphatic carbocycles. The Balaban J connectivity index is 3.96. The molecule has 1 heterocycles. The summed E-state index contributed by atoms with van der Waals surface area (Å²) in [7, 11) is -8.92. The van der Waals surface area contributed by atoms with Crippen LogP contribution in [0.2, 0.25) is 72.5 Å². The monoisotopic (exact) mass is 678 g/mol. The van der Waals surface area contributed by atoms with Crippen molar-refractivity contribution in [2.24, 2.45) is 0 Å². The summed E-state index contributed by atoms with van der Waals surface area (Å²) in [5, 5.41) is 0.109. The highest BCUT2D eigenvalue weighted by atomic mass is 28.4. The van der Waals surface area contributed by atoms with Crippen molar-refractivity contribution in [3.8, 4) is 0 Å². The first-order valence-electron chi connectivity index (χ1n) is 16.6. The van der Waals surface area contributed by atoms with Crippen molar-refractivity contribution < 1.29 is 27.2 Å². The second kappa shape index (κ2) is 13.3. The molecule has 1 aliphatic rings. The zero-order valence-electron chi connectivity index (χ0n) is 32.7. The molecule has 0 N–H and O–H groups in total. The summed E-state index contributed by atoms with van der Waals surface area (Å²) in [6.07, 6.45) is -1.34. The predicted octanol–water partition coefficient (Wildman–Crippen LogP) is 10.3.